The lowest BCUT2D eigenvalue weighted by Crippen LogP contribution is -2.25. The number of thioether (sulfide) groups is 1. The van der Waals surface area contributed by atoms with Gasteiger partial charge in [0.15, 0.2) is 5.17 Å². The Hall–Kier alpha value is -1.89. The number of aromatic nitrogens is 1. The fraction of sp³-hybridized carbons (Fsp3) is 0.273. The number of hydrazone groups is 1. The van der Waals surface area contributed by atoms with Gasteiger partial charge in [-0.25, -0.2) is 5.01 Å². The lowest BCUT2D eigenvalue weighted by Gasteiger charge is -2.18. The molecule has 2 amide bonds. The summed E-state index contributed by atoms with van der Waals surface area (Å²) >= 11 is 1.31. The summed E-state index contributed by atoms with van der Waals surface area (Å²) in [6.45, 7) is 2.84. The van der Waals surface area contributed by atoms with E-state index < -0.39 is 0 Å². The van der Waals surface area contributed by atoms with Crippen LogP contribution in [0.5, 0.6) is 0 Å². The zero-order valence-corrected chi connectivity index (χ0v) is 10.8. The zero-order chi connectivity index (χ0) is 13.1. The second kappa shape index (κ2) is 5.18. The van der Waals surface area contributed by atoms with Crippen molar-refractivity contribution in [3.63, 3.8) is 0 Å². The molecule has 18 heavy (non-hydrogen) atoms. The molecule has 1 aromatic heterocycles. The predicted octanol–water partition coefficient (Wildman–Crippen LogP) is 1.08. The third-order valence-electron chi connectivity index (χ3n) is 2.22. The highest BCUT2D eigenvalue weighted by atomic mass is 32.2. The predicted molar refractivity (Wildman–Crippen MR) is 68.3 cm³/mol. The highest BCUT2D eigenvalue weighted by molar-refractivity contribution is 8.14. The molecule has 6 nitrogen and oxygen atoms in total. The van der Waals surface area contributed by atoms with Gasteiger partial charge in [0.05, 0.1) is 0 Å². The monoisotopic (exact) mass is 264 g/mol. The van der Waals surface area contributed by atoms with E-state index in [1.54, 1.807) is 18.5 Å². The Balaban J connectivity index is 2.23. The van der Waals surface area contributed by atoms with E-state index in [-0.39, 0.29) is 17.2 Å². The minimum atomic E-state index is -0.280. The van der Waals surface area contributed by atoms with Gasteiger partial charge in [0.25, 0.3) is 0 Å². The van der Waals surface area contributed by atoms with E-state index in [1.807, 2.05) is 6.07 Å². The largest absolute Gasteiger partial charge is 0.304 e. The number of carbonyl (C=O) groups excluding carboxylic acids is 2. The van der Waals surface area contributed by atoms with Gasteiger partial charge in [-0.2, -0.15) is 0 Å². The lowest BCUT2D eigenvalue weighted by molar-refractivity contribution is -0.129. The van der Waals surface area contributed by atoms with Crippen molar-refractivity contribution in [3.05, 3.63) is 30.1 Å². The smallest absolute Gasteiger partial charge is 0.241 e. The Kier molecular flexibility index (Phi) is 3.61. The molecule has 0 aliphatic carbocycles. The van der Waals surface area contributed by atoms with Crippen LogP contribution in [0.15, 0.2) is 29.6 Å². The first kappa shape index (κ1) is 12.6. The van der Waals surface area contributed by atoms with Gasteiger partial charge in [0.2, 0.25) is 11.8 Å². The molecule has 1 unspecified atom stereocenters. The normalized spacial score (nSPS) is 18.4. The van der Waals surface area contributed by atoms with Crippen molar-refractivity contribution in [3.8, 4) is 0 Å². The Morgan fingerprint density at radius 1 is 1.44 bits per heavy atom. The van der Waals surface area contributed by atoms with E-state index in [1.165, 1.54) is 30.6 Å². The quantitative estimate of drug-likeness (QED) is 0.823. The van der Waals surface area contributed by atoms with Gasteiger partial charge in [0.1, 0.15) is 5.37 Å². The van der Waals surface area contributed by atoms with Crippen LogP contribution in [0.25, 0.3) is 0 Å². The van der Waals surface area contributed by atoms with Crippen LogP contribution in [0.4, 0.5) is 0 Å². The van der Waals surface area contributed by atoms with Crippen molar-refractivity contribution < 1.29 is 9.59 Å². The average Bonchev–Trinajstić information content (AvgIpc) is 2.73. The maximum Gasteiger partial charge on any atom is 0.241 e. The molecule has 0 saturated heterocycles. The maximum absolute atomic E-state index is 11.5. The van der Waals surface area contributed by atoms with Crippen LogP contribution in [-0.4, -0.2) is 27.0 Å². The van der Waals surface area contributed by atoms with Crippen molar-refractivity contribution in [2.45, 2.75) is 19.2 Å². The number of nitrogens with zero attached hydrogens (tertiary/aromatic N) is 3. The molecule has 0 fully saturated rings. The number of amides is 2. The average molecular weight is 264 g/mol. The van der Waals surface area contributed by atoms with Crippen molar-refractivity contribution in [1.82, 2.24) is 15.3 Å². The van der Waals surface area contributed by atoms with E-state index in [0.29, 0.717) is 5.17 Å². The first-order valence-electron chi connectivity index (χ1n) is 5.30. The van der Waals surface area contributed by atoms with Crippen molar-refractivity contribution in [2.24, 2.45) is 5.10 Å². The van der Waals surface area contributed by atoms with Gasteiger partial charge < -0.3 is 5.32 Å². The van der Waals surface area contributed by atoms with Crippen LogP contribution in [0.3, 0.4) is 0 Å². The molecule has 0 aromatic carbocycles. The topological polar surface area (TPSA) is 74.7 Å². The molecule has 0 saturated carbocycles. The van der Waals surface area contributed by atoms with Crippen LogP contribution in [0, 0.1) is 0 Å². The highest BCUT2D eigenvalue weighted by Crippen LogP contribution is 2.38. The van der Waals surface area contributed by atoms with E-state index in [4.69, 9.17) is 0 Å². The SMILES string of the molecule is CC(=O)NC1=NN(C(C)=O)C(c2cccnc2)S1. The molecule has 0 bridgehead atoms. The molecule has 1 aliphatic rings. The molecule has 1 atom stereocenters. The Bertz CT molecular complexity index is 503. The summed E-state index contributed by atoms with van der Waals surface area (Å²) in [5.74, 6) is -0.395. The van der Waals surface area contributed by atoms with Gasteiger partial charge in [0, 0.05) is 31.8 Å². The molecular weight excluding hydrogens is 252 g/mol. The summed E-state index contributed by atoms with van der Waals surface area (Å²) in [6.07, 6.45) is 3.34. The molecule has 1 aromatic rings. The maximum atomic E-state index is 11.5. The zero-order valence-electron chi connectivity index (χ0n) is 9.95. The summed E-state index contributed by atoms with van der Waals surface area (Å²) in [7, 11) is 0. The summed E-state index contributed by atoms with van der Waals surface area (Å²) in [5.41, 5.74) is 0.863. The molecule has 94 valence electrons. The van der Waals surface area contributed by atoms with Crippen LogP contribution in [0.2, 0.25) is 0 Å². The van der Waals surface area contributed by atoms with E-state index in [0.717, 1.165) is 5.56 Å². The summed E-state index contributed by atoms with van der Waals surface area (Å²) < 4.78 is 0. The summed E-state index contributed by atoms with van der Waals surface area (Å²) in [6, 6.07) is 3.66. The number of rotatable bonds is 1. The molecule has 0 radical (unpaired) electrons. The Morgan fingerprint density at radius 3 is 2.78 bits per heavy atom. The van der Waals surface area contributed by atoms with Gasteiger partial charge >= 0.3 is 0 Å². The fourth-order valence-corrected chi connectivity index (χ4v) is 2.62. The number of amidine groups is 1. The molecule has 0 spiro atoms. The van der Waals surface area contributed by atoms with Crippen LogP contribution in [0.1, 0.15) is 24.8 Å². The number of carbonyl (C=O) groups is 2. The fourth-order valence-electron chi connectivity index (χ4n) is 1.50. The van der Waals surface area contributed by atoms with E-state index >= 15 is 0 Å². The Morgan fingerprint density at radius 2 is 2.22 bits per heavy atom. The van der Waals surface area contributed by atoms with E-state index in [2.05, 4.69) is 15.4 Å². The standard InChI is InChI=1S/C11H12N4O2S/c1-7(16)13-11-14-15(8(2)17)10(18-11)9-4-3-5-12-6-9/h3-6,10H,1-2H3,(H,13,14,16). The van der Waals surface area contributed by atoms with Gasteiger partial charge in [-0.05, 0) is 6.07 Å². The third kappa shape index (κ3) is 2.67. The van der Waals surface area contributed by atoms with Crippen molar-refractivity contribution >= 4 is 28.7 Å². The molecular formula is C11H12N4O2S. The van der Waals surface area contributed by atoms with Gasteiger partial charge in [-0.1, -0.05) is 17.8 Å². The first-order chi connectivity index (χ1) is 8.58. The van der Waals surface area contributed by atoms with E-state index in [9.17, 15) is 9.59 Å². The Labute approximate surface area is 108 Å². The van der Waals surface area contributed by atoms with Gasteiger partial charge in [-0.3, -0.25) is 14.6 Å². The van der Waals surface area contributed by atoms with Crippen molar-refractivity contribution in [2.75, 3.05) is 0 Å². The van der Waals surface area contributed by atoms with Crippen molar-refractivity contribution in [1.29, 1.82) is 0 Å². The molecule has 7 heteroatoms. The number of hydrogen-bond donors (Lipinski definition) is 1. The second-order valence-electron chi connectivity index (χ2n) is 3.71. The first-order valence-corrected chi connectivity index (χ1v) is 6.18. The van der Waals surface area contributed by atoms with Gasteiger partial charge in [-0.15, -0.1) is 5.10 Å². The minimum Gasteiger partial charge on any atom is -0.304 e. The lowest BCUT2D eigenvalue weighted by atomic mass is 10.3. The molecule has 2 rings (SSSR count). The molecule has 1 aliphatic heterocycles. The second-order valence-corrected chi connectivity index (χ2v) is 4.78. The van der Waals surface area contributed by atoms with Crippen LogP contribution >= 0.6 is 11.8 Å². The summed E-state index contributed by atoms with van der Waals surface area (Å²) in [4.78, 5) is 26.6. The van der Waals surface area contributed by atoms with Crippen LogP contribution < -0.4 is 5.32 Å². The molecule has 2 heterocycles. The number of nitrogens with one attached hydrogen (secondary N) is 1. The number of hydrogen-bond acceptors (Lipinski definition) is 5. The molecule has 1 N–H and O–H groups in total. The van der Waals surface area contributed by atoms with Crippen LogP contribution in [-0.2, 0) is 9.59 Å². The summed E-state index contributed by atoms with van der Waals surface area (Å²) in [5, 5.41) is 8.16. The third-order valence-corrected chi connectivity index (χ3v) is 3.32. The number of pyridine rings is 1. The minimum absolute atomic E-state index is 0.184. The highest BCUT2D eigenvalue weighted by Gasteiger charge is 2.32.